The van der Waals surface area contributed by atoms with Gasteiger partial charge in [0, 0.05) is 16.5 Å². The van der Waals surface area contributed by atoms with E-state index in [1.165, 1.54) is 0 Å². The van der Waals surface area contributed by atoms with E-state index >= 15 is 0 Å². The Morgan fingerprint density at radius 1 is 1.12 bits per heavy atom. The number of phenolic OH excluding ortho intramolecular Hbond substituents is 1. The van der Waals surface area contributed by atoms with Crippen molar-refractivity contribution in [3.8, 4) is 11.8 Å². The first-order valence-corrected chi connectivity index (χ1v) is 8.12. The van der Waals surface area contributed by atoms with Crippen molar-refractivity contribution in [1.82, 2.24) is 4.98 Å². The van der Waals surface area contributed by atoms with Crippen LogP contribution in [0.3, 0.4) is 0 Å². The van der Waals surface area contributed by atoms with Gasteiger partial charge in [0.2, 0.25) is 5.91 Å². The smallest absolute Gasteiger partial charge is 0.249 e. The number of carbonyl (C=O) groups excluding carboxylic acids is 1. The van der Waals surface area contributed by atoms with Crippen molar-refractivity contribution in [2.45, 2.75) is 6.42 Å². The molecule has 0 unspecified atom stereocenters. The summed E-state index contributed by atoms with van der Waals surface area (Å²) in [6.45, 7) is 0. The number of nitriles is 1. The van der Waals surface area contributed by atoms with Gasteiger partial charge in [0.15, 0.2) is 0 Å². The number of phenols is 1. The normalized spacial score (nSPS) is 10.9. The van der Waals surface area contributed by atoms with Crippen molar-refractivity contribution in [2.24, 2.45) is 5.73 Å². The Kier molecular flexibility index (Phi) is 3.59. The summed E-state index contributed by atoms with van der Waals surface area (Å²) in [7, 11) is 0. The van der Waals surface area contributed by atoms with E-state index in [9.17, 15) is 9.90 Å². The van der Waals surface area contributed by atoms with Crippen molar-refractivity contribution in [1.29, 1.82) is 5.26 Å². The van der Waals surface area contributed by atoms with Crippen LogP contribution in [0.15, 0.2) is 54.6 Å². The maximum Gasteiger partial charge on any atom is 0.249 e. The van der Waals surface area contributed by atoms with Crippen LogP contribution in [0.5, 0.6) is 5.75 Å². The minimum atomic E-state index is -0.539. The van der Waals surface area contributed by atoms with Gasteiger partial charge in [0.1, 0.15) is 5.75 Å². The number of H-pyrrole nitrogens is 1. The average molecular weight is 341 g/mol. The molecule has 3 aromatic carbocycles. The third-order valence-electron chi connectivity index (χ3n) is 4.56. The minimum absolute atomic E-state index is 0.0921. The number of primary amides is 1. The third kappa shape index (κ3) is 2.45. The number of nitrogens with two attached hydrogens (primary N) is 1. The van der Waals surface area contributed by atoms with Crippen LogP contribution in [0.25, 0.3) is 21.8 Å². The maximum absolute atomic E-state index is 11.8. The van der Waals surface area contributed by atoms with Crippen LogP contribution >= 0.6 is 0 Å². The van der Waals surface area contributed by atoms with E-state index in [0.29, 0.717) is 28.3 Å². The molecule has 1 amide bonds. The Hall–Kier alpha value is -3.78. The van der Waals surface area contributed by atoms with Crippen molar-refractivity contribution < 1.29 is 9.90 Å². The van der Waals surface area contributed by atoms with Gasteiger partial charge in [-0.2, -0.15) is 5.26 Å². The van der Waals surface area contributed by atoms with Crippen LogP contribution in [0.2, 0.25) is 0 Å². The second-order valence-electron chi connectivity index (χ2n) is 6.20. The molecule has 4 rings (SSSR count). The predicted molar refractivity (Wildman–Crippen MR) is 100.0 cm³/mol. The van der Waals surface area contributed by atoms with Gasteiger partial charge < -0.3 is 15.8 Å². The summed E-state index contributed by atoms with van der Waals surface area (Å²) in [5.41, 5.74) is 9.93. The first-order valence-electron chi connectivity index (χ1n) is 8.12. The number of aromatic hydroxyl groups is 1. The maximum atomic E-state index is 11.8. The molecule has 4 aromatic rings. The first kappa shape index (κ1) is 15.7. The number of nitrogens with zero attached hydrogens (tertiary/aromatic N) is 1. The molecule has 5 nitrogen and oxygen atoms in total. The number of carbonyl (C=O) groups is 1. The standard InChI is InChI=1S/C21H15N3O2/c22-11-13-4-1-3-12(9-13)10-14-7-8-17(25)19-18-15(21(23)26)5-2-6-16(18)24-20(14)19/h1-9,24-25H,10H2,(H2,23,26). The Labute approximate surface area is 149 Å². The van der Waals surface area contributed by atoms with E-state index < -0.39 is 5.91 Å². The topological polar surface area (TPSA) is 103 Å². The second kappa shape index (κ2) is 5.94. The van der Waals surface area contributed by atoms with Gasteiger partial charge in [-0.25, -0.2) is 0 Å². The van der Waals surface area contributed by atoms with Crippen LogP contribution in [-0.4, -0.2) is 16.0 Å². The number of aromatic nitrogens is 1. The summed E-state index contributed by atoms with van der Waals surface area (Å²) in [6, 6.07) is 18.3. The number of aromatic amines is 1. The van der Waals surface area contributed by atoms with Crippen molar-refractivity contribution in [2.75, 3.05) is 0 Å². The molecule has 0 spiro atoms. The lowest BCUT2D eigenvalue weighted by molar-refractivity contribution is 0.100. The molecule has 26 heavy (non-hydrogen) atoms. The molecule has 0 aliphatic heterocycles. The van der Waals surface area contributed by atoms with Crippen LogP contribution in [0.1, 0.15) is 27.0 Å². The Balaban J connectivity index is 1.96. The van der Waals surface area contributed by atoms with Gasteiger partial charge in [-0.1, -0.05) is 24.3 Å². The van der Waals surface area contributed by atoms with E-state index in [4.69, 9.17) is 11.0 Å². The average Bonchev–Trinajstić information content (AvgIpc) is 3.04. The zero-order valence-corrected chi connectivity index (χ0v) is 13.8. The Morgan fingerprint density at radius 3 is 2.69 bits per heavy atom. The van der Waals surface area contributed by atoms with Gasteiger partial charge in [0.05, 0.1) is 22.5 Å². The lowest BCUT2D eigenvalue weighted by Gasteiger charge is -2.06. The van der Waals surface area contributed by atoms with E-state index in [-0.39, 0.29) is 5.75 Å². The minimum Gasteiger partial charge on any atom is -0.507 e. The van der Waals surface area contributed by atoms with E-state index in [2.05, 4.69) is 11.1 Å². The molecule has 126 valence electrons. The van der Waals surface area contributed by atoms with Crippen LogP contribution in [-0.2, 0) is 6.42 Å². The molecule has 0 saturated carbocycles. The number of fused-ring (bicyclic) bond motifs is 3. The summed E-state index contributed by atoms with van der Waals surface area (Å²) >= 11 is 0. The molecule has 5 heteroatoms. The van der Waals surface area contributed by atoms with Gasteiger partial charge in [-0.15, -0.1) is 0 Å². The molecule has 0 aliphatic rings. The fraction of sp³-hybridized carbons (Fsp3) is 0.0476. The first-order chi connectivity index (χ1) is 12.6. The molecule has 1 aromatic heterocycles. The SMILES string of the molecule is N#Cc1cccc(Cc2ccc(O)c3c2[nH]c2cccc(C(N)=O)c23)c1. The molecule has 0 fully saturated rings. The molecular formula is C21H15N3O2. The highest BCUT2D eigenvalue weighted by atomic mass is 16.3. The highest BCUT2D eigenvalue weighted by Crippen LogP contribution is 2.37. The van der Waals surface area contributed by atoms with Gasteiger partial charge in [-0.05, 0) is 47.9 Å². The van der Waals surface area contributed by atoms with Gasteiger partial charge in [0.25, 0.3) is 0 Å². The number of amides is 1. The fourth-order valence-electron chi connectivity index (χ4n) is 3.41. The molecule has 4 N–H and O–H groups in total. The van der Waals surface area contributed by atoms with Crippen LogP contribution < -0.4 is 5.73 Å². The Morgan fingerprint density at radius 2 is 1.92 bits per heavy atom. The molecule has 0 saturated heterocycles. The summed E-state index contributed by atoms with van der Waals surface area (Å²) in [6.07, 6.45) is 0.588. The Bertz CT molecular complexity index is 1220. The fourth-order valence-corrected chi connectivity index (χ4v) is 3.41. The predicted octanol–water partition coefficient (Wildman–Crippen LogP) is 3.59. The zero-order valence-electron chi connectivity index (χ0n) is 13.8. The lowest BCUT2D eigenvalue weighted by atomic mass is 9.99. The molecule has 1 heterocycles. The quantitative estimate of drug-likeness (QED) is 0.530. The van der Waals surface area contributed by atoms with E-state index in [1.807, 2.05) is 30.3 Å². The van der Waals surface area contributed by atoms with Crippen molar-refractivity contribution in [3.63, 3.8) is 0 Å². The number of nitrogens with one attached hydrogen (secondary N) is 1. The summed E-state index contributed by atoms with van der Waals surface area (Å²) < 4.78 is 0. The number of hydrogen-bond acceptors (Lipinski definition) is 3. The van der Waals surface area contributed by atoms with Crippen molar-refractivity contribution >= 4 is 27.7 Å². The largest absolute Gasteiger partial charge is 0.507 e. The monoisotopic (exact) mass is 341 g/mol. The molecule has 0 radical (unpaired) electrons. The van der Waals surface area contributed by atoms with E-state index in [1.54, 1.807) is 24.3 Å². The van der Waals surface area contributed by atoms with E-state index in [0.717, 1.165) is 22.2 Å². The highest BCUT2D eigenvalue weighted by Gasteiger charge is 2.17. The van der Waals surface area contributed by atoms with Crippen LogP contribution in [0.4, 0.5) is 0 Å². The number of rotatable bonds is 3. The summed E-state index contributed by atoms with van der Waals surface area (Å²) in [5, 5.41) is 20.7. The zero-order chi connectivity index (χ0) is 18.3. The highest BCUT2D eigenvalue weighted by molar-refractivity contribution is 6.19. The van der Waals surface area contributed by atoms with Gasteiger partial charge >= 0.3 is 0 Å². The van der Waals surface area contributed by atoms with Gasteiger partial charge in [-0.3, -0.25) is 4.79 Å². The number of hydrogen-bond donors (Lipinski definition) is 3. The number of benzene rings is 3. The second-order valence-corrected chi connectivity index (χ2v) is 6.20. The summed E-state index contributed by atoms with van der Waals surface area (Å²) in [4.78, 5) is 15.1. The molecular weight excluding hydrogens is 326 g/mol. The summed E-state index contributed by atoms with van der Waals surface area (Å²) in [5.74, 6) is -0.447. The molecule has 0 bridgehead atoms. The lowest BCUT2D eigenvalue weighted by Crippen LogP contribution is -2.10. The van der Waals surface area contributed by atoms with Crippen molar-refractivity contribution in [3.05, 3.63) is 76.9 Å². The molecule has 0 aliphatic carbocycles. The van der Waals surface area contributed by atoms with Crippen LogP contribution in [0, 0.1) is 11.3 Å². The molecule has 0 atom stereocenters. The third-order valence-corrected chi connectivity index (χ3v) is 4.56.